The Morgan fingerprint density at radius 1 is 1.26 bits per heavy atom. The van der Waals surface area contributed by atoms with Crippen LogP contribution in [0.3, 0.4) is 0 Å². The number of thioether (sulfide) groups is 1. The summed E-state index contributed by atoms with van der Waals surface area (Å²) in [5, 5.41) is 0.616. The standard InChI is InChI=1S/C17H18N4OS/c1-3-21-10-9-18-14(21)11-23-17-19-15(12(2)16(22)20-17)13-7-5-4-6-8-13/h4-10H,3,11H2,1-2H3,(H,19,20,22). The van der Waals surface area contributed by atoms with E-state index >= 15 is 0 Å². The van der Waals surface area contributed by atoms with Gasteiger partial charge in [-0.05, 0) is 13.8 Å². The molecule has 2 aromatic heterocycles. The smallest absolute Gasteiger partial charge is 0.255 e. The van der Waals surface area contributed by atoms with Crippen molar-refractivity contribution >= 4 is 11.8 Å². The zero-order chi connectivity index (χ0) is 16.2. The van der Waals surface area contributed by atoms with Crippen molar-refractivity contribution in [3.63, 3.8) is 0 Å². The minimum Gasteiger partial charge on any atom is -0.335 e. The van der Waals surface area contributed by atoms with Crippen molar-refractivity contribution in [3.05, 3.63) is 64.5 Å². The quantitative estimate of drug-likeness (QED) is 0.577. The highest BCUT2D eigenvalue weighted by Gasteiger charge is 2.11. The van der Waals surface area contributed by atoms with Crippen LogP contribution in [-0.2, 0) is 12.3 Å². The average molecular weight is 326 g/mol. The van der Waals surface area contributed by atoms with Crippen LogP contribution in [-0.4, -0.2) is 19.5 Å². The molecule has 0 amide bonds. The summed E-state index contributed by atoms with van der Waals surface area (Å²) in [6.07, 6.45) is 3.75. The van der Waals surface area contributed by atoms with Gasteiger partial charge in [-0.25, -0.2) is 9.97 Å². The lowest BCUT2D eigenvalue weighted by Crippen LogP contribution is -2.14. The van der Waals surface area contributed by atoms with Crippen LogP contribution >= 0.6 is 11.8 Å². The molecule has 0 saturated heterocycles. The molecule has 23 heavy (non-hydrogen) atoms. The first kappa shape index (κ1) is 15.6. The van der Waals surface area contributed by atoms with Crippen LogP contribution < -0.4 is 5.56 Å². The molecule has 0 spiro atoms. The molecule has 0 bridgehead atoms. The third-order valence-corrected chi connectivity index (χ3v) is 4.53. The average Bonchev–Trinajstić information content (AvgIpc) is 3.04. The van der Waals surface area contributed by atoms with Gasteiger partial charge in [0.1, 0.15) is 5.82 Å². The van der Waals surface area contributed by atoms with E-state index in [4.69, 9.17) is 0 Å². The molecule has 0 saturated carbocycles. The molecular weight excluding hydrogens is 308 g/mol. The zero-order valence-electron chi connectivity index (χ0n) is 13.1. The maximum absolute atomic E-state index is 12.2. The Labute approximate surface area is 138 Å². The Kier molecular flexibility index (Phi) is 4.62. The Morgan fingerprint density at radius 3 is 2.78 bits per heavy atom. The van der Waals surface area contributed by atoms with E-state index in [1.165, 1.54) is 11.8 Å². The Hall–Kier alpha value is -2.34. The van der Waals surface area contributed by atoms with Crippen molar-refractivity contribution < 1.29 is 0 Å². The topological polar surface area (TPSA) is 63.6 Å². The fourth-order valence-electron chi connectivity index (χ4n) is 2.36. The summed E-state index contributed by atoms with van der Waals surface area (Å²) in [5.41, 5.74) is 2.22. The fourth-order valence-corrected chi connectivity index (χ4v) is 3.19. The second-order valence-corrected chi connectivity index (χ2v) is 6.09. The van der Waals surface area contributed by atoms with Crippen LogP contribution in [0.4, 0.5) is 0 Å². The van der Waals surface area contributed by atoms with Crippen LogP contribution in [0.1, 0.15) is 18.3 Å². The molecule has 6 heteroatoms. The number of nitrogens with one attached hydrogen (secondary N) is 1. The lowest BCUT2D eigenvalue weighted by Gasteiger charge is -2.08. The summed E-state index contributed by atoms with van der Waals surface area (Å²) in [6, 6.07) is 9.78. The number of imidazole rings is 1. The molecule has 0 unspecified atom stereocenters. The predicted molar refractivity (Wildman–Crippen MR) is 92.5 cm³/mol. The molecule has 0 aliphatic heterocycles. The van der Waals surface area contributed by atoms with Gasteiger partial charge in [-0.1, -0.05) is 42.1 Å². The van der Waals surface area contributed by atoms with Crippen LogP contribution in [0, 0.1) is 6.92 Å². The number of hydrogen-bond donors (Lipinski definition) is 1. The first-order chi connectivity index (χ1) is 11.2. The van der Waals surface area contributed by atoms with Crippen molar-refractivity contribution in [1.82, 2.24) is 19.5 Å². The van der Waals surface area contributed by atoms with Gasteiger partial charge in [-0.3, -0.25) is 4.79 Å². The van der Waals surface area contributed by atoms with Gasteiger partial charge < -0.3 is 9.55 Å². The summed E-state index contributed by atoms with van der Waals surface area (Å²) < 4.78 is 2.08. The van der Waals surface area contributed by atoms with Gasteiger partial charge in [0.05, 0.1) is 11.4 Å². The lowest BCUT2D eigenvalue weighted by atomic mass is 10.1. The molecule has 1 N–H and O–H groups in total. The maximum Gasteiger partial charge on any atom is 0.255 e. The highest BCUT2D eigenvalue weighted by molar-refractivity contribution is 7.98. The van der Waals surface area contributed by atoms with Crippen molar-refractivity contribution in [1.29, 1.82) is 0 Å². The van der Waals surface area contributed by atoms with E-state index in [-0.39, 0.29) is 5.56 Å². The van der Waals surface area contributed by atoms with E-state index in [1.807, 2.05) is 36.5 Å². The van der Waals surface area contributed by atoms with Gasteiger partial charge in [-0.2, -0.15) is 0 Å². The number of nitrogens with zero attached hydrogens (tertiary/aromatic N) is 3. The summed E-state index contributed by atoms with van der Waals surface area (Å²) in [7, 11) is 0. The van der Waals surface area contributed by atoms with Crippen LogP contribution in [0.2, 0.25) is 0 Å². The Balaban J connectivity index is 1.89. The van der Waals surface area contributed by atoms with E-state index in [0.717, 1.165) is 23.6 Å². The fraction of sp³-hybridized carbons (Fsp3) is 0.235. The van der Waals surface area contributed by atoms with Crippen molar-refractivity contribution in [3.8, 4) is 11.3 Å². The number of aryl methyl sites for hydroxylation is 1. The summed E-state index contributed by atoms with van der Waals surface area (Å²) in [4.78, 5) is 24.0. The van der Waals surface area contributed by atoms with Gasteiger partial charge in [0.25, 0.3) is 5.56 Å². The van der Waals surface area contributed by atoms with E-state index in [9.17, 15) is 4.79 Å². The molecule has 1 aromatic carbocycles. The summed E-state index contributed by atoms with van der Waals surface area (Å²) >= 11 is 1.49. The SMILES string of the molecule is CCn1ccnc1CSc1nc(-c2ccccc2)c(C)c(=O)[nH]1. The van der Waals surface area contributed by atoms with Crippen LogP contribution in [0.15, 0.2) is 52.7 Å². The van der Waals surface area contributed by atoms with Crippen molar-refractivity contribution in [2.75, 3.05) is 0 Å². The molecule has 3 rings (SSSR count). The Morgan fingerprint density at radius 2 is 2.04 bits per heavy atom. The first-order valence-electron chi connectivity index (χ1n) is 7.48. The molecule has 2 heterocycles. The number of hydrogen-bond acceptors (Lipinski definition) is 4. The molecule has 118 valence electrons. The number of benzene rings is 1. The van der Waals surface area contributed by atoms with E-state index in [0.29, 0.717) is 16.5 Å². The third kappa shape index (κ3) is 3.37. The maximum atomic E-state index is 12.2. The minimum absolute atomic E-state index is 0.0970. The lowest BCUT2D eigenvalue weighted by molar-refractivity contribution is 0.725. The Bertz CT molecular complexity index is 855. The van der Waals surface area contributed by atoms with Gasteiger partial charge in [0, 0.05) is 30.1 Å². The molecule has 0 fully saturated rings. The monoisotopic (exact) mass is 326 g/mol. The van der Waals surface area contributed by atoms with Crippen molar-refractivity contribution in [2.24, 2.45) is 0 Å². The minimum atomic E-state index is -0.0970. The van der Waals surface area contributed by atoms with E-state index in [2.05, 4.69) is 26.4 Å². The first-order valence-corrected chi connectivity index (χ1v) is 8.46. The largest absolute Gasteiger partial charge is 0.335 e. The predicted octanol–water partition coefficient (Wildman–Crippen LogP) is 3.25. The molecule has 3 aromatic rings. The molecule has 0 atom stereocenters. The van der Waals surface area contributed by atoms with Crippen LogP contribution in [0.25, 0.3) is 11.3 Å². The zero-order valence-corrected chi connectivity index (χ0v) is 13.9. The third-order valence-electron chi connectivity index (χ3n) is 3.66. The highest BCUT2D eigenvalue weighted by atomic mass is 32.2. The molecule has 5 nitrogen and oxygen atoms in total. The van der Waals surface area contributed by atoms with Crippen LogP contribution in [0.5, 0.6) is 0 Å². The molecule has 0 radical (unpaired) electrons. The number of H-pyrrole nitrogens is 1. The molecule has 0 aliphatic carbocycles. The number of aromatic nitrogens is 4. The normalized spacial score (nSPS) is 10.9. The van der Waals surface area contributed by atoms with Gasteiger partial charge in [0.2, 0.25) is 0 Å². The van der Waals surface area contributed by atoms with Gasteiger partial charge in [0.15, 0.2) is 5.16 Å². The van der Waals surface area contributed by atoms with Crippen molar-refractivity contribution in [2.45, 2.75) is 31.3 Å². The van der Waals surface area contributed by atoms with Gasteiger partial charge >= 0.3 is 0 Å². The number of aromatic amines is 1. The van der Waals surface area contributed by atoms with E-state index in [1.54, 1.807) is 13.1 Å². The second-order valence-electron chi connectivity index (χ2n) is 5.13. The second kappa shape index (κ2) is 6.83. The summed E-state index contributed by atoms with van der Waals surface area (Å²) in [6.45, 7) is 4.75. The molecular formula is C17H18N4OS. The van der Waals surface area contributed by atoms with E-state index < -0.39 is 0 Å². The number of rotatable bonds is 5. The highest BCUT2D eigenvalue weighted by Crippen LogP contribution is 2.23. The molecule has 0 aliphatic rings. The summed E-state index contributed by atoms with van der Waals surface area (Å²) in [5.74, 6) is 1.64. The van der Waals surface area contributed by atoms with Gasteiger partial charge in [-0.15, -0.1) is 0 Å².